The fraction of sp³-hybridized carbons (Fsp3) is 0.350. The summed E-state index contributed by atoms with van der Waals surface area (Å²) in [7, 11) is 0. The molecule has 2 N–H and O–H groups in total. The van der Waals surface area contributed by atoms with Gasteiger partial charge in [-0.1, -0.05) is 30.3 Å². The van der Waals surface area contributed by atoms with E-state index in [0.29, 0.717) is 12.0 Å². The average Bonchev–Trinajstić information content (AvgIpc) is 2.70. The van der Waals surface area contributed by atoms with Crippen LogP contribution >= 0.6 is 0 Å². The Morgan fingerprint density at radius 2 is 1.96 bits per heavy atom. The zero-order valence-corrected chi connectivity index (χ0v) is 14.0. The minimum absolute atomic E-state index is 0.210. The van der Waals surface area contributed by atoms with E-state index < -0.39 is 24.0 Å². The SMILES string of the molecule is CC(=O)O[C@@H]1c2cc(F)ccc2Cc2ccccc2[C@H]1CC(O)CO. The first-order valence-corrected chi connectivity index (χ1v) is 8.32. The highest BCUT2D eigenvalue weighted by atomic mass is 19.1. The van der Waals surface area contributed by atoms with Crippen molar-refractivity contribution in [2.45, 2.75) is 37.9 Å². The molecule has 1 aliphatic rings. The van der Waals surface area contributed by atoms with Crippen LogP contribution in [0.3, 0.4) is 0 Å². The lowest BCUT2D eigenvalue weighted by Crippen LogP contribution is -2.24. The summed E-state index contributed by atoms with van der Waals surface area (Å²) in [5.41, 5.74) is 3.49. The molecule has 0 saturated carbocycles. The molecule has 1 unspecified atom stereocenters. The predicted molar refractivity (Wildman–Crippen MR) is 90.6 cm³/mol. The number of hydrogen-bond acceptors (Lipinski definition) is 4. The molecule has 2 aromatic rings. The highest BCUT2D eigenvalue weighted by Gasteiger charge is 2.35. The highest BCUT2D eigenvalue weighted by Crippen LogP contribution is 2.44. The van der Waals surface area contributed by atoms with Crippen LogP contribution in [-0.2, 0) is 16.0 Å². The molecule has 5 heteroatoms. The van der Waals surface area contributed by atoms with E-state index in [1.807, 2.05) is 24.3 Å². The van der Waals surface area contributed by atoms with Gasteiger partial charge in [0, 0.05) is 12.8 Å². The first-order chi connectivity index (χ1) is 12.0. The van der Waals surface area contributed by atoms with Crippen molar-refractivity contribution in [3.8, 4) is 0 Å². The Morgan fingerprint density at radius 3 is 2.68 bits per heavy atom. The fourth-order valence-electron chi connectivity index (χ4n) is 3.58. The molecule has 3 rings (SSSR count). The van der Waals surface area contributed by atoms with Gasteiger partial charge in [0.25, 0.3) is 0 Å². The maximum absolute atomic E-state index is 13.9. The Bertz CT molecular complexity index is 774. The molecular formula is C20H21FO4. The van der Waals surface area contributed by atoms with Gasteiger partial charge in [-0.3, -0.25) is 4.79 Å². The molecule has 0 heterocycles. The topological polar surface area (TPSA) is 66.8 Å². The third-order valence-electron chi connectivity index (χ3n) is 4.65. The molecule has 3 atom stereocenters. The van der Waals surface area contributed by atoms with Gasteiger partial charge in [-0.25, -0.2) is 4.39 Å². The maximum Gasteiger partial charge on any atom is 0.303 e. The molecular weight excluding hydrogens is 323 g/mol. The molecule has 2 aromatic carbocycles. The average molecular weight is 344 g/mol. The standard InChI is InChI=1S/C20H21FO4/c1-12(23)25-20-18-9-15(21)7-6-14(18)8-13-4-2-3-5-17(13)19(20)10-16(24)11-22/h2-7,9,16,19-20,22,24H,8,10-11H2,1H3/t16?,19-,20-/m1/s1. The summed E-state index contributed by atoms with van der Waals surface area (Å²) in [6.45, 7) is 0.927. The molecule has 0 fully saturated rings. The zero-order chi connectivity index (χ0) is 18.0. The van der Waals surface area contributed by atoms with Crippen LogP contribution in [-0.4, -0.2) is 28.9 Å². The van der Waals surface area contributed by atoms with E-state index in [9.17, 15) is 19.4 Å². The Labute approximate surface area is 145 Å². The summed E-state index contributed by atoms with van der Waals surface area (Å²) >= 11 is 0. The molecule has 1 aliphatic carbocycles. The number of aliphatic hydroxyl groups is 2. The van der Waals surface area contributed by atoms with Crippen LogP contribution in [0.1, 0.15) is 47.6 Å². The van der Waals surface area contributed by atoms with E-state index in [0.717, 1.165) is 16.7 Å². The lowest BCUT2D eigenvalue weighted by atomic mass is 9.84. The molecule has 0 spiro atoms. The number of halogens is 1. The lowest BCUT2D eigenvalue weighted by Gasteiger charge is -2.29. The van der Waals surface area contributed by atoms with Crippen LogP contribution in [0.15, 0.2) is 42.5 Å². The van der Waals surface area contributed by atoms with Crippen LogP contribution in [0.25, 0.3) is 0 Å². The number of esters is 1. The van der Waals surface area contributed by atoms with E-state index in [4.69, 9.17) is 4.74 Å². The lowest BCUT2D eigenvalue weighted by molar-refractivity contribution is -0.148. The number of aliphatic hydroxyl groups excluding tert-OH is 2. The number of carbonyl (C=O) groups excluding carboxylic acids is 1. The van der Waals surface area contributed by atoms with Gasteiger partial charge in [-0.05, 0) is 47.2 Å². The molecule has 0 amide bonds. The van der Waals surface area contributed by atoms with E-state index in [-0.39, 0.29) is 18.9 Å². The minimum Gasteiger partial charge on any atom is -0.457 e. The van der Waals surface area contributed by atoms with Crippen molar-refractivity contribution >= 4 is 5.97 Å². The van der Waals surface area contributed by atoms with Gasteiger partial charge in [0.05, 0.1) is 12.7 Å². The van der Waals surface area contributed by atoms with Crippen molar-refractivity contribution in [3.63, 3.8) is 0 Å². The van der Waals surface area contributed by atoms with E-state index in [2.05, 4.69) is 0 Å². The van der Waals surface area contributed by atoms with Crippen LogP contribution < -0.4 is 0 Å². The van der Waals surface area contributed by atoms with Crippen molar-refractivity contribution in [1.82, 2.24) is 0 Å². The van der Waals surface area contributed by atoms with Crippen molar-refractivity contribution < 1.29 is 24.1 Å². The quantitative estimate of drug-likeness (QED) is 0.837. The van der Waals surface area contributed by atoms with Gasteiger partial charge in [-0.15, -0.1) is 0 Å². The predicted octanol–water partition coefficient (Wildman–Crippen LogP) is 2.86. The summed E-state index contributed by atoms with van der Waals surface area (Å²) in [4.78, 5) is 11.7. The second kappa shape index (κ2) is 7.33. The molecule has 4 nitrogen and oxygen atoms in total. The van der Waals surface area contributed by atoms with Crippen LogP contribution in [0.4, 0.5) is 4.39 Å². The Hall–Kier alpha value is -2.24. The number of benzene rings is 2. The van der Waals surface area contributed by atoms with Crippen LogP contribution in [0, 0.1) is 5.82 Å². The van der Waals surface area contributed by atoms with Gasteiger partial charge in [0.15, 0.2) is 0 Å². The maximum atomic E-state index is 13.9. The van der Waals surface area contributed by atoms with E-state index in [1.165, 1.54) is 19.1 Å². The van der Waals surface area contributed by atoms with Crippen LogP contribution in [0.2, 0.25) is 0 Å². The van der Waals surface area contributed by atoms with Crippen molar-refractivity contribution in [3.05, 3.63) is 70.5 Å². The summed E-state index contributed by atoms with van der Waals surface area (Å²) in [5.74, 6) is -1.24. The second-order valence-corrected chi connectivity index (χ2v) is 6.43. The number of hydrogen-bond donors (Lipinski definition) is 2. The van der Waals surface area contributed by atoms with Crippen LogP contribution in [0.5, 0.6) is 0 Å². The molecule has 0 bridgehead atoms. The third kappa shape index (κ3) is 3.72. The molecule has 0 aliphatic heterocycles. The van der Waals surface area contributed by atoms with Gasteiger partial charge < -0.3 is 14.9 Å². The second-order valence-electron chi connectivity index (χ2n) is 6.43. The number of ether oxygens (including phenoxy) is 1. The molecule has 25 heavy (non-hydrogen) atoms. The highest BCUT2D eigenvalue weighted by molar-refractivity contribution is 5.66. The Morgan fingerprint density at radius 1 is 1.24 bits per heavy atom. The van der Waals surface area contributed by atoms with E-state index in [1.54, 1.807) is 6.07 Å². The number of carbonyl (C=O) groups is 1. The van der Waals surface area contributed by atoms with E-state index >= 15 is 0 Å². The first kappa shape index (κ1) is 17.6. The summed E-state index contributed by atoms with van der Waals surface area (Å²) in [6, 6.07) is 12.2. The molecule has 0 radical (unpaired) electrons. The first-order valence-electron chi connectivity index (χ1n) is 8.32. The minimum atomic E-state index is -0.953. The Kier molecular flexibility index (Phi) is 5.16. The molecule has 0 saturated heterocycles. The third-order valence-corrected chi connectivity index (χ3v) is 4.65. The molecule has 132 valence electrons. The number of rotatable bonds is 4. The van der Waals surface area contributed by atoms with Gasteiger partial charge in [0.1, 0.15) is 11.9 Å². The van der Waals surface area contributed by atoms with Gasteiger partial charge in [0.2, 0.25) is 0 Å². The molecule has 0 aromatic heterocycles. The van der Waals surface area contributed by atoms with Crippen molar-refractivity contribution in [2.75, 3.05) is 6.61 Å². The summed E-state index contributed by atoms with van der Waals surface area (Å²) in [5, 5.41) is 19.3. The smallest absolute Gasteiger partial charge is 0.303 e. The monoisotopic (exact) mass is 344 g/mol. The van der Waals surface area contributed by atoms with Gasteiger partial charge in [-0.2, -0.15) is 0 Å². The van der Waals surface area contributed by atoms with Gasteiger partial charge >= 0.3 is 5.97 Å². The summed E-state index contributed by atoms with van der Waals surface area (Å²) in [6.07, 6.45) is -0.865. The number of fused-ring (bicyclic) bond motifs is 2. The Balaban J connectivity index is 2.17. The zero-order valence-electron chi connectivity index (χ0n) is 14.0. The normalized spacial score (nSPS) is 20.2. The van der Waals surface area contributed by atoms with Crippen molar-refractivity contribution in [2.24, 2.45) is 0 Å². The largest absolute Gasteiger partial charge is 0.457 e. The summed E-state index contributed by atoms with van der Waals surface area (Å²) < 4.78 is 19.5. The fourth-order valence-corrected chi connectivity index (χ4v) is 3.58. The van der Waals surface area contributed by atoms with Crippen molar-refractivity contribution in [1.29, 1.82) is 0 Å².